The molecule has 0 radical (unpaired) electrons. The highest BCUT2D eigenvalue weighted by Gasteiger charge is 2.47. The molecule has 8 aromatic rings. The third-order valence-corrected chi connectivity index (χ3v) is 9.78. The van der Waals surface area contributed by atoms with Crippen LogP contribution in [0.2, 0.25) is 0 Å². The van der Waals surface area contributed by atoms with Gasteiger partial charge in [0, 0.05) is 45.2 Å². The first-order valence-electron chi connectivity index (χ1n) is 16.7. The summed E-state index contributed by atoms with van der Waals surface area (Å²) in [5.41, 5.74) is 14.3. The summed E-state index contributed by atoms with van der Waals surface area (Å²) in [5.74, 6) is 0. The lowest BCUT2D eigenvalue weighted by Crippen LogP contribution is -2.61. The zero-order valence-corrected chi connectivity index (χ0v) is 26.6. The molecule has 0 bridgehead atoms. The zero-order chi connectivity index (χ0) is 32.3. The fourth-order valence-electron chi connectivity index (χ4n) is 7.80. The zero-order valence-electron chi connectivity index (χ0n) is 26.6. The molecule has 0 saturated heterocycles. The number of nitrogens with zero attached hydrogens (tertiary/aromatic N) is 3. The van der Waals surface area contributed by atoms with Crippen LogP contribution in [0.3, 0.4) is 0 Å². The predicted octanol–water partition coefficient (Wildman–Crippen LogP) is 9.99. The van der Waals surface area contributed by atoms with Crippen LogP contribution in [-0.4, -0.2) is 6.71 Å². The highest BCUT2D eigenvalue weighted by molar-refractivity contribution is 7.00. The minimum Gasteiger partial charge on any atom is -0.468 e. The van der Waals surface area contributed by atoms with Crippen molar-refractivity contribution < 1.29 is 4.42 Å². The van der Waals surface area contributed by atoms with Crippen LogP contribution in [0.4, 0.5) is 51.2 Å². The van der Waals surface area contributed by atoms with Gasteiger partial charge in [0.25, 0.3) is 6.71 Å². The van der Waals surface area contributed by atoms with Gasteiger partial charge in [-0.2, -0.15) is 0 Å². The molecule has 4 nitrogen and oxygen atoms in total. The van der Waals surface area contributed by atoms with Crippen LogP contribution in [0.1, 0.15) is 0 Å². The van der Waals surface area contributed by atoms with Gasteiger partial charge in [-0.05, 0) is 89.8 Å². The van der Waals surface area contributed by atoms with Crippen molar-refractivity contribution in [2.24, 2.45) is 0 Å². The van der Waals surface area contributed by atoms with E-state index in [9.17, 15) is 0 Å². The Morgan fingerprint density at radius 1 is 0.449 bits per heavy atom. The number of hydrogen-bond donors (Lipinski definition) is 0. The molecule has 230 valence electrons. The first-order chi connectivity index (χ1) is 24.3. The summed E-state index contributed by atoms with van der Waals surface area (Å²) < 4.78 is 6.94. The van der Waals surface area contributed by atoms with Crippen molar-refractivity contribution in [3.63, 3.8) is 0 Å². The van der Waals surface area contributed by atoms with E-state index in [-0.39, 0.29) is 6.71 Å². The lowest BCUT2D eigenvalue weighted by Gasteiger charge is -2.43. The Morgan fingerprint density at radius 3 is 1.61 bits per heavy atom. The summed E-state index contributed by atoms with van der Waals surface area (Å²) in [6.07, 6.45) is 0. The number of para-hydroxylation sites is 6. The predicted molar refractivity (Wildman–Crippen MR) is 205 cm³/mol. The van der Waals surface area contributed by atoms with Gasteiger partial charge in [0.15, 0.2) is 0 Å². The first kappa shape index (κ1) is 27.6. The Hall–Kier alpha value is -6.46. The van der Waals surface area contributed by atoms with Crippen molar-refractivity contribution in [3.8, 4) is 0 Å². The van der Waals surface area contributed by atoms with E-state index in [4.69, 9.17) is 4.42 Å². The van der Waals surface area contributed by atoms with Crippen molar-refractivity contribution in [3.05, 3.63) is 182 Å². The van der Waals surface area contributed by atoms with Crippen LogP contribution in [0.5, 0.6) is 0 Å². The Balaban J connectivity index is 1.36. The highest BCUT2D eigenvalue weighted by atomic mass is 16.3. The SMILES string of the molecule is c1ccc(N(c2ccccc2)c2cc3c4c(c2)N(c2ccccc2)c2c(oc5ccccc25)B4c2ccccc2N3c2ccccc2)cc1. The largest absolute Gasteiger partial charge is 0.468 e. The van der Waals surface area contributed by atoms with Crippen molar-refractivity contribution in [2.45, 2.75) is 0 Å². The molecule has 2 aliphatic heterocycles. The highest BCUT2D eigenvalue weighted by Crippen LogP contribution is 2.49. The molecule has 49 heavy (non-hydrogen) atoms. The van der Waals surface area contributed by atoms with Crippen LogP contribution < -0.4 is 31.3 Å². The number of hydrogen-bond acceptors (Lipinski definition) is 4. The number of furan rings is 1. The molecule has 10 rings (SSSR count). The smallest absolute Gasteiger partial charge is 0.297 e. The summed E-state index contributed by atoms with van der Waals surface area (Å²) in [6.45, 7) is -0.0977. The van der Waals surface area contributed by atoms with Gasteiger partial charge in [-0.25, -0.2) is 0 Å². The molecule has 0 spiro atoms. The van der Waals surface area contributed by atoms with E-state index < -0.39 is 0 Å². The van der Waals surface area contributed by atoms with Crippen molar-refractivity contribution in [2.75, 3.05) is 14.7 Å². The van der Waals surface area contributed by atoms with Crippen LogP contribution in [-0.2, 0) is 0 Å². The molecular weight excluding hydrogens is 597 g/mol. The molecule has 0 amide bonds. The van der Waals surface area contributed by atoms with E-state index in [0.29, 0.717) is 0 Å². The average Bonchev–Trinajstić information content (AvgIpc) is 3.55. The molecule has 0 atom stereocenters. The molecule has 0 fully saturated rings. The second-order valence-corrected chi connectivity index (χ2v) is 12.5. The number of anilines is 9. The van der Waals surface area contributed by atoms with Gasteiger partial charge in [0.05, 0.1) is 17.0 Å². The third kappa shape index (κ3) is 4.26. The normalized spacial score (nSPS) is 12.8. The van der Waals surface area contributed by atoms with Gasteiger partial charge in [-0.1, -0.05) is 103 Å². The van der Waals surface area contributed by atoms with Gasteiger partial charge in [0.1, 0.15) is 5.58 Å². The van der Waals surface area contributed by atoms with Gasteiger partial charge in [-0.3, -0.25) is 0 Å². The number of benzene rings is 7. The van der Waals surface area contributed by atoms with E-state index in [0.717, 1.165) is 67.8 Å². The Kier molecular flexibility index (Phi) is 6.24. The van der Waals surface area contributed by atoms with E-state index in [1.165, 1.54) is 10.9 Å². The maximum Gasteiger partial charge on any atom is 0.297 e. The molecule has 0 saturated carbocycles. The molecule has 2 aliphatic rings. The fraction of sp³-hybridized carbons (Fsp3) is 0. The van der Waals surface area contributed by atoms with Crippen molar-refractivity contribution >= 4 is 85.5 Å². The molecule has 1 aromatic heterocycles. The summed E-state index contributed by atoms with van der Waals surface area (Å²) in [7, 11) is 0. The van der Waals surface area contributed by atoms with Crippen LogP contribution in [0, 0.1) is 0 Å². The number of rotatable bonds is 5. The molecule has 0 unspecified atom stereocenters. The Bertz CT molecular complexity index is 2420. The molecule has 5 heteroatoms. The van der Waals surface area contributed by atoms with Crippen molar-refractivity contribution in [1.82, 2.24) is 0 Å². The van der Waals surface area contributed by atoms with Gasteiger partial charge >= 0.3 is 0 Å². The molecule has 0 aliphatic carbocycles. The maximum atomic E-state index is 6.94. The topological polar surface area (TPSA) is 22.9 Å². The van der Waals surface area contributed by atoms with Gasteiger partial charge < -0.3 is 19.1 Å². The minimum absolute atomic E-state index is 0.0977. The average molecular weight is 628 g/mol. The van der Waals surface area contributed by atoms with E-state index in [2.05, 4.69) is 197 Å². The summed E-state index contributed by atoms with van der Waals surface area (Å²) >= 11 is 0. The minimum atomic E-state index is -0.0977. The lowest BCUT2D eigenvalue weighted by molar-refractivity contribution is 0.651. The number of fused-ring (bicyclic) bond motifs is 6. The monoisotopic (exact) mass is 627 g/mol. The second-order valence-electron chi connectivity index (χ2n) is 12.5. The van der Waals surface area contributed by atoms with Gasteiger partial charge in [-0.15, -0.1) is 0 Å². The molecule has 7 aromatic carbocycles. The first-order valence-corrected chi connectivity index (χ1v) is 16.7. The summed E-state index contributed by atoms with van der Waals surface area (Å²) in [5, 5.41) is 1.10. The Labute approximate surface area is 285 Å². The van der Waals surface area contributed by atoms with E-state index in [1.807, 2.05) is 0 Å². The summed E-state index contributed by atoms with van der Waals surface area (Å²) in [6, 6.07) is 64.7. The Morgan fingerprint density at radius 2 is 0.959 bits per heavy atom. The van der Waals surface area contributed by atoms with E-state index in [1.54, 1.807) is 0 Å². The fourth-order valence-corrected chi connectivity index (χ4v) is 7.80. The maximum absolute atomic E-state index is 6.94. The quantitative estimate of drug-likeness (QED) is 0.177. The van der Waals surface area contributed by atoms with Crippen LogP contribution >= 0.6 is 0 Å². The standard InChI is InChI=1S/C44H30BN3O/c1-5-17-31(18-6-1)46(32-19-7-2-8-20-32)35-29-39-42-40(30-35)48(34-23-11-4-12-24-34)43-36-25-13-16-28-41(36)49-44(43)45(42)37-26-14-15-27-38(37)47(39)33-21-9-3-10-22-33/h1-30H. The van der Waals surface area contributed by atoms with Crippen molar-refractivity contribution in [1.29, 1.82) is 0 Å². The third-order valence-electron chi connectivity index (χ3n) is 9.78. The van der Waals surface area contributed by atoms with Crippen LogP contribution in [0.25, 0.3) is 11.0 Å². The van der Waals surface area contributed by atoms with Gasteiger partial charge in [0.2, 0.25) is 0 Å². The lowest BCUT2D eigenvalue weighted by atomic mass is 9.35. The van der Waals surface area contributed by atoms with Crippen LogP contribution in [0.15, 0.2) is 186 Å². The second kappa shape index (κ2) is 11.1. The molecular formula is C44H30BN3O. The summed E-state index contributed by atoms with van der Waals surface area (Å²) in [4.78, 5) is 7.21. The molecule has 0 N–H and O–H groups in total. The van der Waals surface area contributed by atoms with E-state index >= 15 is 0 Å². The molecule has 3 heterocycles.